The molecule has 0 saturated carbocycles. The number of hydrogen-bond donors (Lipinski definition) is 0. The van der Waals surface area contributed by atoms with Gasteiger partial charge in [-0.15, -0.1) is 22.7 Å². The van der Waals surface area contributed by atoms with Crippen LogP contribution in [-0.4, -0.2) is 39.9 Å². The van der Waals surface area contributed by atoms with Crippen molar-refractivity contribution in [2.24, 2.45) is 0 Å². The first-order valence-electron chi connectivity index (χ1n) is 23.1. The van der Waals surface area contributed by atoms with Crippen molar-refractivity contribution in [1.29, 1.82) is 0 Å². The van der Waals surface area contributed by atoms with Gasteiger partial charge in [-0.05, 0) is 91.6 Å². The van der Waals surface area contributed by atoms with E-state index in [1.807, 2.05) is 71.9 Å². The Morgan fingerprint density at radius 1 is 0.264 bits per heavy atom. The molecule has 0 radical (unpaired) electrons. The zero-order valence-electron chi connectivity index (χ0n) is 38.0. The number of nitrogens with zero attached hydrogens (tertiary/aromatic N) is 8. The number of aromatic nitrogens is 8. The fourth-order valence-corrected chi connectivity index (χ4v) is 10.8. The predicted octanol–water partition coefficient (Wildman–Crippen LogP) is 15.8. The van der Waals surface area contributed by atoms with E-state index < -0.39 is 0 Å². The molecule has 8 aromatic heterocycles. The van der Waals surface area contributed by atoms with Gasteiger partial charge in [0.1, 0.15) is 11.4 Å². The normalized spacial score (nSPS) is 11.3. The molecule has 0 atom stereocenters. The van der Waals surface area contributed by atoms with Gasteiger partial charge in [0.15, 0.2) is 24.3 Å². The molecule has 0 aliphatic carbocycles. The Morgan fingerprint density at radius 3 is 0.806 bits per heavy atom. The summed E-state index contributed by atoms with van der Waals surface area (Å²) in [6, 6.07) is 58.3. The van der Waals surface area contributed by atoms with Crippen LogP contribution < -0.4 is 0 Å². The molecule has 12 heteroatoms. The molecule has 0 spiro atoms. The van der Waals surface area contributed by atoms with Crippen LogP contribution >= 0.6 is 22.7 Å². The lowest BCUT2D eigenvalue weighted by atomic mass is 9.88. The third kappa shape index (κ3) is 7.77. The summed E-state index contributed by atoms with van der Waals surface area (Å²) in [5.41, 5.74) is 15.1. The second-order valence-electron chi connectivity index (χ2n) is 16.8. The van der Waals surface area contributed by atoms with Crippen LogP contribution in [0.2, 0.25) is 0 Å². The maximum Gasteiger partial charge on any atom is 0.181 e. The molecule has 0 fully saturated rings. The largest absolute Gasteiger partial charge is 0.442 e. The van der Waals surface area contributed by atoms with Crippen molar-refractivity contribution in [1.82, 2.24) is 39.9 Å². The number of oxazole rings is 2. The van der Waals surface area contributed by atoms with Crippen molar-refractivity contribution in [2.45, 2.75) is 0 Å². The highest BCUT2D eigenvalue weighted by atomic mass is 32.1. The highest BCUT2D eigenvalue weighted by Gasteiger charge is 2.21. The fraction of sp³-hybridized carbons (Fsp3) is 0. The van der Waals surface area contributed by atoms with Crippen molar-refractivity contribution >= 4 is 65.8 Å². The molecule has 8 heterocycles. The average Bonchev–Trinajstić information content (AvgIpc) is 4.32. The van der Waals surface area contributed by atoms with Gasteiger partial charge in [0.25, 0.3) is 0 Å². The summed E-state index contributed by atoms with van der Waals surface area (Å²) < 4.78 is 11.0. The van der Waals surface area contributed by atoms with E-state index in [0.717, 1.165) is 121 Å². The van der Waals surface area contributed by atoms with Crippen LogP contribution in [0.5, 0.6) is 0 Å². The summed E-state index contributed by atoms with van der Waals surface area (Å²) in [4.78, 5) is 38.8. The Hall–Kier alpha value is -9.36. The number of pyridine rings is 4. The molecule has 0 bridgehead atoms. The standard InChI is InChI=1S/C30H18N4O2.C30H18N4S2/c2*1-2-8-20-19(7-1)29(25-13-5-11-23(33-25)27-15-31-17-35-27)21-9-3-4-10-22(21)30(20)26-14-6-12-24(34-26)28-16-32-18-36-28/h2*1-18H. The molecule has 6 aromatic carbocycles. The average molecular weight is 965 g/mol. The van der Waals surface area contributed by atoms with E-state index >= 15 is 0 Å². The Kier molecular flexibility index (Phi) is 11.0. The minimum Gasteiger partial charge on any atom is -0.442 e. The Morgan fingerprint density at radius 2 is 0.542 bits per heavy atom. The summed E-state index contributed by atoms with van der Waals surface area (Å²) in [7, 11) is 0. The molecule has 0 aliphatic rings. The fourth-order valence-electron chi connectivity index (χ4n) is 9.57. The van der Waals surface area contributed by atoms with Crippen molar-refractivity contribution in [3.05, 3.63) is 218 Å². The second-order valence-corrected chi connectivity index (χ2v) is 18.6. The first-order valence-corrected chi connectivity index (χ1v) is 24.8. The molecular formula is C60H36N8O2S2. The number of thiazole rings is 2. The molecule has 0 aliphatic heterocycles. The molecular weight excluding hydrogens is 929 g/mol. The van der Waals surface area contributed by atoms with Gasteiger partial charge in [-0.25, -0.2) is 29.9 Å². The molecule has 0 unspecified atom stereocenters. The van der Waals surface area contributed by atoms with E-state index in [1.54, 1.807) is 35.1 Å². The van der Waals surface area contributed by atoms with E-state index in [4.69, 9.17) is 28.8 Å². The van der Waals surface area contributed by atoms with Crippen LogP contribution in [0.25, 0.3) is 132 Å². The maximum absolute atomic E-state index is 5.51. The third-order valence-electron chi connectivity index (χ3n) is 12.6. The smallest absolute Gasteiger partial charge is 0.181 e. The quantitative estimate of drug-likeness (QED) is 0.136. The van der Waals surface area contributed by atoms with Gasteiger partial charge in [0.05, 0.1) is 67.3 Å². The first-order chi connectivity index (χ1) is 35.7. The monoisotopic (exact) mass is 964 g/mol. The van der Waals surface area contributed by atoms with E-state index in [2.05, 4.69) is 141 Å². The third-order valence-corrected chi connectivity index (χ3v) is 14.2. The summed E-state index contributed by atoms with van der Waals surface area (Å²) in [5, 5.41) is 9.02. The Balaban J connectivity index is 0.000000140. The van der Waals surface area contributed by atoms with Gasteiger partial charge in [0, 0.05) is 34.6 Å². The first kappa shape index (κ1) is 42.7. The van der Waals surface area contributed by atoms with Crippen LogP contribution in [0.1, 0.15) is 0 Å². The Bertz CT molecular complexity index is 3580. The zero-order chi connectivity index (χ0) is 47.8. The van der Waals surface area contributed by atoms with Gasteiger partial charge in [-0.3, -0.25) is 9.97 Å². The summed E-state index contributed by atoms with van der Waals surface area (Å²) in [6.07, 6.45) is 9.94. The highest BCUT2D eigenvalue weighted by molar-refractivity contribution is 7.13. The number of rotatable bonds is 8. The lowest BCUT2D eigenvalue weighted by Crippen LogP contribution is -1.95. The van der Waals surface area contributed by atoms with E-state index in [0.29, 0.717) is 11.5 Å². The highest BCUT2D eigenvalue weighted by Crippen LogP contribution is 2.45. The van der Waals surface area contributed by atoms with Crippen molar-refractivity contribution in [3.8, 4) is 89.1 Å². The molecule has 72 heavy (non-hydrogen) atoms. The minimum absolute atomic E-state index is 0.635. The summed E-state index contributed by atoms with van der Waals surface area (Å²) in [6.45, 7) is 0. The predicted molar refractivity (Wildman–Crippen MR) is 289 cm³/mol. The van der Waals surface area contributed by atoms with E-state index in [1.165, 1.54) is 12.8 Å². The van der Waals surface area contributed by atoms with Gasteiger partial charge in [-0.1, -0.05) is 121 Å². The number of hydrogen-bond acceptors (Lipinski definition) is 12. The SMILES string of the molecule is c1cc(-c2cnco2)nc(-c2c3ccccc3c(-c3cccc(-c4cnco4)n3)c3ccccc23)c1.c1cc(-c2cncs2)nc(-c2c3ccccc3c(-c3cccc(-c4cncs4)n3)c3ccccc23)c1. The van der Waals surface area contributed by atoms with E-state index in [9.17, 15) is 0 Å². The van der Waals surface area contributed by atoms with Crippen LogP contribution in [0.3, 0.4) is 0 Å². The number of fused-ring (bicyclic) bond motifs is 4. The van der Waals surface area contributed by atoms with Crippen molar-refractivity contribution < 1.29 is 8.83 Å². The van der Waals surface area contributed by atoms with Crippen LogP contribution in [0.15, 0.2) is 227 Å². The van der Waals surface area contributed by atoms with Crippen molar-refractivity contribution in [3.63, 3.8) is 0 Å². The molecule has 10 nitrogen and oxygen atoms in total. The summed E-state index contributed by atoms with van der Waals surface area (Å²) in [5.74, 6) is 1.27. The van der Waals surface area contributed by atoms with Crippen LogP contribution in [-0.2, 0) is 0 Å². The Labute approximate surface area is 419 Å². The maximum atomic E-state index is 5.51. The lowest BCUT2D eigenvalue weighted by Gasteiger charge is -2.17. The lowest BCUT2D eigenvalue weighted by molar-refractivity contribution is 0.569. The van der Waals surface area contributed by atoms with Gasteiger partial charge >= 0.3 is 0 Å². The topological polar surface area (TPSA) is 129 Å². The molecule has 0 saturated heterocycles. The van der Waals surface area contributed by atoms with Crippen LogP contribution in [0.4, 0.5) is 0 Å². The summed E-state index contributed by atoms with van der Waals surface area (Å²) >= 11 is 3.20. The van der Waals surface area contributed by atoms with Gasteiger partial charge in [0.2, 0.25) is 0 Å². The molecule has 0 amide bonds. The molecule has 14 rings (SSSR count). The van der Waals surface area contributed by atoms with Gasteiger partial charge < -0.3 is 8.83 Å². The molecule has 340 valence electrons. The number of benzene rings is 6. The second kappa shape index (κ2) is 18.5. The van der Waals surface area contributed by atoms with Crippen LogP contribution in [0, 0.1) is 0 Å². The zero-order valence-corrected chi connectivity index (χ0v) is 39.6. The molecule has 14 aromatic rings. The van der Waals surface area contributed by atoms with Crippen molar-refractivity contribution in [2.75, 3.05) is 0 Å². The van der Waals surface area contributed by atoms with E-state index in [-0.39, 0.29) is 0 Å². The molecule has 0 N–H and O–H groups in total. The minimum atomic E-state index is 0.635. The van der Waals surface area contributed by atoms with Gasteiger partial charge in [-0.2, -0.15) is 0 Å².